The van der Waals surface area contributed by atoms with Crippen LogP contribution in [0.25, 0.3) is 0 Å². The highest BCUT2D eigenvalue weighted by Crippen LogP contribution is 2.21. The summed E-state index contributed by atoms with van der Waals surface area (Å²) in [4.78, 5) is 0. The van der Waals surface area contributed by atoms with Crippen LogP contribution in [-0.4, -0.2) is 37.1 Å². The van der Waals surface area contributed by atoms with Gasteiger partial charge < -0.3 is 10.1 Å². The predicted octanol–water partition coefficient (Wildman–Crippen LogP) is 8.67. The number of rotatable bonds is 10. The van der Waals surface area contributed by atoms with Crippen molar-refractivity contribution in [1.29, 1.82) is 5.41 Å². The SMILES string of the molecule is C=C(C)CCC.C=C(C)OC(C)[N+]1(C)CCC=C(C=N)C1.CC.CCCCCCC. The first-order chi connectivity index (χ1) is 14.2. The molecule has 1 heterocycles. The van der Waals surface area contributed by atoms with Crippen LogP contribution < -0.4 is 0 Å². The van der Waals surface area contributed by atoms with Gasteiger partial charge in [-0.15, -0.1) is 6.58 Å². The Balaban J connectivity index is -0.000000406. The Morgan fingerprint density at radius 2 is 1.63 bits per heavy atom. The van der Waals surface area contributed by atoms with Gasteiger partial charge >= 0.3 is 0 Å². The maximum atomic E-state index is 7.29. The molecule has 0 aromatic heterocycles. The first-order valence-corrected chi connectivity index (χ1v) is 12.2. The molecular weight excluding hydrogens is 368 g/mol. The molecule has 1 aliphatic heterocycles. The van der Waals surface area contributed by atoms with Crippen molar-refractivity contribution in [3.05, 3.63) is 36.1 Å². The summed E-state index contributed by atoms with van der Waals surface area (Å²) in [5.41, 5.74) is 2.39. The van der Waals surface area contributed by atoms with Gasteiger partial charge in [0.05, 0.1) is 19.4 Å². The maximum Gasteiger partial charge on any atom is 0.230 e. The smallest absolute Gasteiger partial charge is 0.230 e. The number of ether oxygens (including phenoxy) is 1. The number of quaternary nitrogens is 1. The van der Waals surface area contributed by atoms with E-state index in [-0.39, 0.29) is 6.23 Å². The van der Waals surface area contributed by atoms with Gasteiger partial charge in [-0.05, 0) is 20.3 Å². The van der Waals surface area contributed by atoms with E-state index < -0.39 is 0 Å². The molecule has 1 rings (SSSR count). The minimum atomic E-state index is 0.103. The Hall–Kier alpha value is -1.35. The minimum Gasteiger partial charge on any atom is -0.448 e. The van der Waals surface area contributed by atoms with Crippen LogP contribution >= 0.6 is 0 Å². The lowest BCUT2D eigenvalue weighted by molar-refractivity contribution is -0.948. The zero-order chi connectivity index (χ0) is 24.0. The highest BCUT2D eigenvalue weighted by molar-refractivity contribution is 5.76. The van der Waals surface area contributed by atoms with E-state index in [0.29, 0.717) is 0 Å². The summed E-state index contributed by atoms with van der Waals surface area (Å²) in [5, 5.41) is 7.29. The standard InChI is InChI=1S/C12H21N2O.C7H16.C6H12.C2H6/c1-10(2)15-11(3)14(4)7-5-6-12(8-13)9-14;1-3-5-7-6-4-2;1-4-5-6(2)3;1-2/h6,8,11,13H,1,5,7,9H2,2-4H3;3-7H2,1-2H3;2,4-5H2,1,3H3;1-2H3/q+1;;;. The molecule has 0 radical (unpaired) electrons. The number of allylic oxidation sites excluding steroid dienone is 2. The molecule has 3 nitrogen and oxygen atoms in total. The summed E-state index contributed by atoms with van der Waals surface area (Å²) in [7, 11) is 2.17. The Kier molecular flexibility index (Phi) is 24.8. The van der Waals surface area contributed by atoms with Gasteiger partial charge in [-0.3, -0.25) is 4.48 Å². The first-order valence-electron chi connectivity index (χ1n) is 12.2. The minimum absolute atomic E-state index is 0.103. The second kappa shape index (κ2) is 22.3. The lowest BCUT2D eigenvalue weighted by atomic mass is 10.1. The third kappa shape index (κ3) is 19.9. The van der Waals surface area contributed by atoms with Crippen molar-refractivity contribution in [2.24, 2.45) is 0 Å². The van der Waals surface area contributed by atoms with E-state index in [1.807, 2.05) is 20.8 Å². The Labute approximate surface area is 190 Å². The number of hydrogen-bond acceptors (Lipinski definition) is 2. The Morgan fingerprint density at radius 1 is 1.10 bits per heavy atom. The zero-order valence-corrected chi connectivity index (χ0v) is 22.1. The molecule has 178 valence electrons. The Morgan fingerprint density at radius 3 is 1.97 bits per heavy atom. The van der Waals surface area contributed by atoms with Gasteiger partial charge in [0.2, 0.25) is 6.23 Å². The van der Waals surface area contributed by atoms with Crippen LogP contribution in [0.4, 0.5) is 0 Å². The van der Waals surface area contributed by atoms with Crippen LogP contribution in [0.2, 0.25) is 0 Å². The number of hydrogen-bond donors (Lipinski definition) is 1. The monoisotopic (exact) mass is 423 g/mol. The summed E-state index contributed by atoms with van der Waals surface area (Å²) >= 11 is 0. The van der Waals surface area contributed by atoms with Crippen molar-refractivity contribution in [1.82, 2.24) is 0 Å². The molecule has 2 atom stereocenters. The number of unbranched alkanes of at least 4 members (excludes halogenated alkanes) is 4. The van der Waals surface area contributed by atoms with E-state index in [0.717, 1.165) is 35.3 Å². The maximum absolute atomic E-state index is 7.29. The van der Waals surface area contributed by atoms with Crippen molar-refractivity contribution in [3.8, 4) is 0 Å². The molecular formula is C27H55N2O+. The van der Waals surface area contributed by atoms with E-state index >= 15 is 0 Å². The number of nitrogens with zero attached hydrogens (tertiary/aromatic N) is 1. The van der Waals surface area contributed by atoms with Crippen molar-refractivity contribution >= 4 is 6.21 Å². The molecule has 0 saturated carbocycles. The van der Waals surface area contributed by atoms with E-state index in [9.17, 15) is 0 Å². The third-order valence-electron chi connectivity index (χ3n) is 4.91. The predicted molar refractivity (Wildman–Crippen MR) is 138 cm³/mol. The molecule has 3 heteroatoms. The molecule has 0 aliphatic carbocycles. The zero-order valence-electron chi connectivity index (χ0n) is 22.1. The van der Waals surface area contributed by atoms with Gasteiger partial charge in [-0.1, -0.05) is 91.4 Å². The summed E-state index contributed by atoms with van der Waals surface area (Å²) < 4.78 is 6.49. The molecule has 1 aliphatic rings. The topological polar surface area (TPSA) is 33.1 Å². The quantitative estimate of drug-likeness (QED) is 0.123. The highest BCUT2D eigenvalue weighted by atomic mass is 16.5. The van der Waals surface area contributed by atoms with Gasteiger partial charge in [-0.2, -0.15) is 0 Å². The lowest BCUT2D eigenvalue weighted by Gasteiger charge is -2.41. The van der Waals surface area contributed by atoms with Crippen LogP contribution in [0.3, 0.4) is 0 Å². The van der Waals surface area contributed by atoms with Crippen molar-refractivity contribution in [3.63, 3.8) is 0 Å². The normalized spacial score (nSPS) is 18.0. The highest BCUT2D eigenvalue weighted by Gasteiger charge is 2.32. The Bertz CT molecular complexity index is 463. The molecule has 0 spiro atoms. The molecule has 0 bridgehead atoms. The van der Waals surface area contributed by atoms with Gasteiger partial charge in [0.25, 0.3) is 0 Å². The summed E-state index contributed by atoms with van der Waals surface area (Å²) in [6.45, 7) is 26.1. The lowest BCUT2D eigenvalue weighted by Crippen LogP contribution is -2.54. The summed E-state index contributed by atoms with van der Waals surface area (Å²) in [6, 6.07) is 0. The van der Waals surface area contributed by atoms with Crippen LogP contribution in [0.1, 0.15) is 107 Å². The second-order valence-corrected chi connectivity index (χ2v) is 8.26. The number of likely N-dealkylation sites (N-methyl/N-ethyl adjacent to an activating group) is 1. The molecule has 30 heavy (non-hydrogen) atoms. The van der Waals surface area contributed by atoms with Gasteiger partial charge in [0.1, 0.15) is 6.54 Å². The molecule has 2 unspecified atom stereocenters. The molecule has 0 fully saturated rings. The summed E-state index contributed by atoms with van der Waals surface area (Å²) in [6.07, 6.45) is 14.1. The molecule has 0 amide bonds. The largest absolute Gasteiger partial charge is 0.448 e. The fraction of sp³-hybridized carbons (Fsp3) is 0.741. The third-order valence-corrected chi connectivity index (χ3v) is 4.91. The molecule has 0 saturated heterocycles. The fourth-order valence-electron chi connectivity index (χ4n) is 3.04. The van der Waals surface area contributed by atoms with Crippen molar-refractivity contribution in [2.45, 2.75) is 113 Å². The fourth-order valence-corrected chi connectivity index (χ4v) is 3.04. The number of nitrogens with one attached hydrogen (secondary N) is 1. The first kappa shape index (κ1) is 33.3. The van der Waals surface area contributed by atoms with Gasteiger partial charge in [0, 0.05) is 25.1 Å². The second-order valence-electron chi connectivity index (χ2n) is 8.26. The van der Waals surface area contributed by atoms with Crippen LogP contribution in [0.15, 0.2) is 36.1 Å². The average molecular weight is 424 g/mol. The van der Waals surface area contributed by atoms with Crippen molar-refractivity contribution < 1.29 is 9.22 Å². The molecule has 0 aromatic carbocycles. The van der Waals surface area contributed by atoms with Crippen LogP contribution in [0.5, 0.6) is 0 Å². The van der Waals surface area contributed by atoms with Crippen molar-refractivity contribution in [2.75, 3.05) is 20.1 Å². The van der Waals surface area contributed by atoms with E-state index in [4.69, 9.17) is 10.1 Å². The van der Waals surface area contributed by atoms with Gasteiger partial charge in [-0.25, -0.2) is 0 Å². The van der Waals surface area contributed by atoms with Gasteiger partial charge in [0.15, 0.2) is 0 Å². The summed E-state index contributed by atoms with van der Waals surface area (Å²) in [5.74, 6) is 0.757. The molecule has 0 aromatic rings. The van der Waals surface area contributed by atoms with Crippen LogP contribution in [0, 0.1) is 5.41 Å². The average Bonchev–Trinajstić information content (AvgIpc) is 2.70. The van der Waals surface area contributed by atoms with E-state index in [1.165, 1.54) is 56.7 Å². The van der Waals surface area contributed by atoms with Crippen LogP contribution in [-0.2, 0) is 4.74 Å². The molecule has 1 N–H and O–H groups in total. The van der Waals surface area contributed by atoms with E-state index in [2.05, 4.69) is 60.9 Å². The van der Waals surface area contributed by atoms with E-state index in [1.54, 1.807) is 0 Å².